The van der Waals surface area contributed by atoms with Crippen LogP contribution in [0.3, 0.4) is 0 Å². The molecule has 1 saturated heterocycles. The summed E-state index contributed by atoms with van der Waals surface area (Å²) >= 11 is 0. The number of aromatic nitrogens is 1. The SMILES string of the molecule is COc1ccc2[nH]c3c(c2c1)CCN1C(=O)N([C@@H](C)C(=O)N[C@H](C(=O)O)[C@@H](C)O)C(=O)[C@]31C. The van der Waals surface area contributed by atoms with Crippen LogP contribution in [-0.2, 0) is 26.3 Å². The highest BCUT2D eigenvalue weighted by Crippen LogP contribution is 2.45. The fraction of sp³-hybridized carbons (Fsp3) is 0.455. The molecule has 2 aliphatic rings. The Bertz CT molecular complexity index is 1170. The molecule has 4 amide bonds. The molecule has 2 aliphatic heterocycles. The molecule has 0 bridgehead atoms. The van der Waals surface area contributed by atoms with Crippen LogP contribution in [-0.4, -0.2) is 80.7 Å². The van der Waals surface area contributed by atoms with Crippen molar-refractivity contribution in [3.05, 3.63) is 29.5 Å². The lowest BCUT2D eigenvalue weighted by Crippen LogP contribution is -2.55. The van der Waals surface area contributed by atoms with E-state index in [9.17, 15) is 29.4 Å². The van der Waals surface area contributed by atoms with Gasteiger partial charge in [-0.15, -0.1) is 0 Å². The van der Waals surface area contributed by atoms with Gasteiger partial charge in [-0.05, 0) is 51.0 Å². The van der Waals surface area contributed by atoms with E-state index in [1.807, 2.05) is 12.1 Å². The number of aromatic amines is 1. The maximum atomic E-state index is 13.6. The van der Waals surface area contributed by atoms with Crippen molar-refractivity contribution in [2.75, 3.05) is 13.7 Å². The van der Waals surface area contributed by atoms with Crippen LogP contribution in [0.5, 0.6) is 5.75 Å². The number of carboxylic acid groups (broad SMARTS) is 1. The third-order valence-electron chi connectivity index (χ3n) is 6.61. The normalized spacial score (nSPS) is 22.6. The average Bonchev–Trinajstić information content (AvgIpc) is 3.24. The quantitative estimate of drug-likeness (QED) is 0.461. The van der Waals surface area contributed by atoms with Crippen molar-refractivity contribution in [1.82, 2.24) is 20.1 Å². The van der Waals surface area contributed by atoms with E-state index < -0.39 is 47.5 Å². The molecule has 0 radical (unpaired) electrons. The summed E-state index contributed by atoms with van der Waals surface area (Å²) in [4.78, 5) is 56.5. The smallest absolute Gasteiger partial charge is 0.328 e. The van der Waals surface area contributed by atoms with Crippen LogP contribution >= 0.6 is 0 Å². The summed E-state index contributed by atoms with van der Waals surface area (Å²) in [6.45, 7) is 4.49. The molecule has 176 valence electrons. The average molecular weight is 458 g/mol. The number of carbonyl (C=O) groups is 4. The summed E-state index contributed by atoms with van der Waals surface area (Å²) in [5.41, 5.74) is 0.942. The number of ether oxygens (including phenoxy) is 1. The number of carbonyl (C=O) groups excluding carboxylic acids is 3. The standard InChI is InChI=1S/C22H26N4O7/c1-10(18(28)24-16(11(2)27)19(29)30)26-20(31)22(3)17-13(7-8-25(22)21(26)32)14-9-12(33-4)5-6-15(14)23-17/h5-6,9-11,16,23,27H,7-8H2,1-4H3,(H,24,28)(H,29,30)/t10-,11+,16-,22-/m0/s1. The van der Waals surface area contributed by atoms with Gasteiger partial charge < -0.3 is 30.2 Å². The third kappa shape index (κ3) is 3.22. The lowest BCUT2D eigenvalue weighted by molar-refractivity contribution is -0.146. The molecule has 4 N–H and O–H groups in total. The van der Waals surface area contributed by atoms with Gasteiger partial charge in [-0.3, -0.25) is 9.59 Å². The van der Waals surface area contributed by atoms with Gasteiger partial charge >= 0.3 is 12.0 Å². The molecule has 4 rings (SSSR count). The van der Waals surface area contributed by atoms with Crippen LogP contribution in [0.4, 0.5) is 4.79 Å². The summed E-state index contributed by atoms with van der Waals surface area (Å²) in [7, 11) is 1.57. The van der Waals surface area contributed by atoms with Gasteiger partial charge in [-0.2, -0.15) is 0 Å². The van der Waals surface area contributed by atoms with Crippen molar-refractivity contribution < 1.29 is 34.1 Å². The largest absolute Gasteiger partial charge is 0.497 e. The molecule has 4 atom stereocenters. The van der Waals surface area contributed by atoms with Gasteiger partial charge in [0, 0.05) is 17.4 Å². The third-order valence-corrected chi connectivity index (χ3v) is 6.61. The van der Waals surface area contributed by atoms with E-state index >= 15 is 0 Å². The van der Waals surface area contributed by atoms with E-state index in [4.69, 9.17) is 4.74 Å². The molecule has 0 aliphatic carbocycles. The van der Waals surface area contributed by atoms with Crippen molar-refractivity contribution in [2.45, 2.75) is 50.9 Å². The Morgan fingerprint density at radius 1 is 1.27 bits per heavy atom. The Morgan fingerprint density at radius 3 is 2.58 bits per heavy atom. The number of H-pyrrole nitrogens is 1. The number of hydrogen-bond acceptors (Lipinski definition) is 6. The van der Waals surface area contributed by atoms with Crippen molar-refractivity contribution >= 4 is 34.7 Å². The molecule has 0 unspecified atom stereocenters. The molecular formula is C22H26N4O7. The topological polar surface area (TPSA) is 152 Å². The number of methoxy groups -OCH3 is 1. The van der Waals surface area contributed by atoms with Crippen LogP contribution in [0.1, 0.15) is 32.0 Å². The summed E-state index contributed by atoms with van der Waals surface area (Å²) in [6, 6.07) is 2.04. The highest BCUT2D eigenvalue weighted by molar-refractivity contribution is 6.11. The minimum absolute atomic E-state index is 0.272. The van der Waals surface area contributed by atoms with Gasteiger partial charge in [0.05, 0.1) is 18.9 Å². The Labute approximate surface area is 189 Å². The van der Waals surface area contributed by atoms with Crippen LogP contribution in [0.15, 0.2) is 18.2 Å². The molecule has 0 spiro atoms. The predicted octanol–water partition coefficient (Wildman–Crippen LogP) is 0.551. The lowest BCUT2D eigenvalue weighted by atomic mass is 9.87. The van der Waals surface area contributed by atoms with Gasteiger partial charge in [0.25, 0.3) is 5.91 Å². The molecule has 11 nitrogen and oxygen atoms in total. The minimum Gasteiger partial charge on any atom is -0.497 e. The fourth-order valence-electron chi connectivity index (χ4n) is 4.69. The predicted molar refractivity (Wildman–Crippen MR) is 116 cm³/mol. The number of hydrogen-bond donors (Lipinski definition) is 4. The number of fused-ring (bicyclic) bond motifs is 5. The summed E-state index contributed by atoms with van der Waals surface area (Å²) < 4.78 is 5.32. The van der Waals surface area contributed by atoms with Gasteiger partial charge in [0.15, 0.2) is 11.6 Å². The Morgan fingerprint density at radius 2 is 1.97 bits per heavy atom. The summed E-state index contributed by atoms with van der Waals surface area (Å²) in [5, 5.41) is 22.0. The number of nitrogens with zero attached hydrogens (tertiary/aromatic N) is 2. The number of benzene rings is 1. The molecule has 11 heteroatoms. The van der Waals surface area contributed by atoms with E-state index in [2.05, 4.69) is 10.3 Å². The maximum absolute atomic E-state index is 13.6. The first-order valence-electron chi connectivity index (χ1n) is 10.6. The number of rotatable bonds is 6. The summed E-state index contributed by atoms with van der Waals surface area (Å²) in [5.74, 6) is -2.19. The van der Waals surface area contributed by atoms with Crippen LogP contribution in [0.2, 0.25) is 0 Å². The molecular weight excluding hydrogens is 432 g/mol. The fourth-order valence-corrected chi connectivity index (χ4v) is 4.69. The molecule has 33 heavy (non-hydrogen) atoms. The zero-order valence-corrected chi connectivity index (χ0v) is 18.7. The molecule has 2 aromatic rings. The molecule has 3 heterocycles. The van der Waals surface area contributed by atoms with Crippen LogP contribution < -0.4 is 10.1 Å². The second-order valence-electron chi connectivity index (χ2n) is 8.56. The summed E-state index contributed by atoms with van der Waals surface area (Å²) in [6.07, 6.45) is -0.854. The number of aliphatic hydroxyl groups is 1. The minimum atomic E-state index is -1.57. The highest BCUT2D eigenvalue weighted by Gasteiger charge is 2.60. The van der Waals surface area contributed by atoms with E-state index in [-0.39, 0.29) is 6.54 Å². The van der Waals surface area contributed by atoms with Crippen molar-refractivity contribution in [3.8, 4) is 5.75 Å². The zero-order chi connectivity index (χ0) is 24.2. The Balaban J connectivity index is 1.70. The first-order valence-corrected chi connectivity index (χ1v) is 10.6. The monoisotopic (exact) mass is 458 g/mol. The molecule has 0 saturated carbocycles. The number of aliphatic hydroxyl groups excluding tert-OH is 1. The second-order valence-corrected chi connectivity index (χ2v) is 8.56. The zero-order valence-electron chi connectivity index (χ0n) is 18.7. The van der Waals surface area contributed by atoms with Crippen molar-refractivity contribution in [2.24, 2.45) is 0 Å². The maximum Gasteiger partial charge on any atom is 0.328 e. The first kappa shape index (κ1) is 22.6. The number of amides is 4. The second kappa shape index (κ2) is 7.77. The molecule has 1 aromatic heterocycles. The Kier molecular flexibility index (Phi) is 5.32. The molecule has 1 aromatic carbocycles. The number of carboxylic acids is 1. The van der Waals surface area contributed by atoms with Crippen LogP contribution in [0.25, 0.3) is 10.9 Å². The van der Waals surface area contributed by atoms with E-state index in [1.54, 1.807) is 20.1 Å². The first-order chi connectivity index (χ1) is 15.5. The van der Waals surface area contributed by atoms with E-state index in [1.165, 1.54) is 18.7 Å². The molecule has 1 fully saturated rings. The van der Waals surface area contributed by atoms with E-state index in [0.29, 0.717) is 17.9 Å². The van der Waals surface area contributed by atoms with E-state index in [0.717, 1.165) is 21.4 Å². The van der Waals surface area contributed by atoms with Gasteiger partial charge in [-0.25, -0.2) is 14.5 Å². The number of nitrogens with one attached hydrogen (secondary N) is 2. The van der Waals surface area contributed by atoms with Gasteiger partial charge in [-0.1, -0.05) is 0 Å². The Hall–Kier alpha value is -3.60. The number of imide groups is 1. The van der Waals surface area contributed by atoms with Crippen LogP contribution in [0, 0.1) is 0 Å². The number of urea groups is 1. The number of aliphatic carboxylic acids is 1. The van der Waals surface area contributed by atoms with Gasteiger partial charge in [0.1, 0.15) is 11.8 Å². The van der Waals surface area contributed by atoms with Gasteiger partial charge in [0.2, 0.25) is 5.91 Å². The van der Waals surface area contributed by atoms with Crippen molar-refractivity contribution in [3.63, 3.8) is 0 Å². The van der Waals surface area contributed by atoms with Crippen molar-refractivity contribution in [1.29, 1.82) is 0 Å². The lowest BCUT2D eigenvalue weighted by Gasteiger charge is -2.36. The highest BCUT2D eigenvalue weighted by atomic mass is 16.5.